The lowest BCUT2D eigenvalue weighted by molar-refractivity contribution is -0.385. The normalized spacial score (nSPS) is 11.1. The highest BCUT2D eigenvalue weighted by atomic mass is 35.5. The van der Waals surface area contributed by atoms with Crippen LogP contribution >= 0.6 is 12.4 Å². The SMILES string of the molecule is COc1cc([N+](=O)[O-])ccc1S(=O)(=O)N(CCCN)Cc1ccccc1.Cl. The molecule has 148 valence electrons. The number of rotatable bonds is 9. The highest BCUT2D eigenvalue weighted by Gasteiger charge is 2.29. The molecule has 27 heavy (non-hydrogen) atoms. The first-order valence-corrected chi connectivity index (χ1v) is 9.40. The summed E-state index contributed by atoms with van der Waals surface area (Å²) in [5.41, 5.74) is 6.13. The number of nitro benzene ring substituents is 1. The molecular formula is C17H22ClN3O5S. The van der Waals surface area contributed by atoms with E-state index in [9.17, 15) is 18.5 Å². The Balaban J connectivity index is 0.00000364. The summed E-state index contributed by atoms with van der Waals surface area (Å²) in [5, 5.41) is 10.9. The van der Waals surface area contributed by atoms with Crippen LogP contribution < -0.4 is 10.5 Å². The fraction of sp³-hybridized carbons (Fsp3) is 0.294. The number of nitro groups is 1. The summed E-state index contributed by atoms with van der Waals surface area (Å²) in [7, 11) is -2.65. The molecular weight excluding hydrogens is 394 g/mol. The second-order valence-electron chi connectivity index (χ2n) is 5.56. The van der Waals surface area contributed by atoms with Crippen LogP contribution in [0.25, 0.3) is 0 Å². The lowest BCUT2D eigenvalue weighted by Crippen LogP contribution is -2.33. The predicted octanol–water partition coefficient (Wildman–Crippen LogP) is 2.56. The molecule has 0 heterocycles. The Morgan fingerprint density at radius 1 is 1.19 bits per heavy atom. The van der Waals surface area contributed by atoms with Gasteiger partial charge in [-0.05, 0) is 24.6 Å². The molecule has 0 unspecified atom stereocenters. The van der Waals surface area contributed by atoms with Gasteiger partial charge in [0.15, 0.2) is 0 Å². The molecule has 2 N–H and O–H groups in total. The summed E-state index contributed by atoms with van der Waals surface area (Å²) in [6.45, 7) is 0.745. The van der Waals surface area contributed by atoms with Crippen molar-refractivity contribution in [3.05, 3.63) is 64.2 Å². The topological polar surface area (TPSA) is 116 Å². The van der Waals surface area contributed by atoms with Gasteiger partial charge in [0.25, 0.3) is 5.69 Å². The molecule has 0 saturated heterocycles. The fourth-order valence-corrected chi connectivity index (χ4v) is 4.06. The lowest BCUT2D eigenvalue weighted by atomic mass is 10.2. The third kappa shape index (κ3) is 5.64. The van der Waals surface area contributed by atoms with Crippen LogP contribution in [0.3, 0.4) is 0 Å². The van der Waals surface area contributed by atoms with Gasteiger partial charge in [0.05, 0.1) is 18.1 Å². The van der Waals surface area contributed by atoms with Crippen LogP contribution in [0.2, 0.25) is 0 Å². The van der Waals surface area contributed by atoms with E-state index < -0.39 is 14.9 Å². The van der Waals surface area contributed by atoms with E-state index in [1.165, 1.54) is 17.5 Å². The second-order valence-corrected chi connectivity index (χ2v) is 7.47. The van der Waals surface area contributed by atoms with E-state index in [1.54, 1.807) is 0 Å². The number of ether oxygens (including phenoxy) is 1. The van der Waals surface area contributed by atoms with Crippen molar-refractivity contribution >= 4 is 28.1 Å². The molecule has 0 aliphatic heterocycles. The van der Waals surface area contributed by atoms with Crippen LogP contribution in [0.15, 0.2) is 53.4 Å². The van der Waals surface area contributed by atoms with Crippen LogP contribution in [0.5, 0.6) is 5.75 Å². The largest absolute Gasteiger partial charge is 0.495 e. The van der Waals surface area contributed by atoms with Crippen LogP contribution in [-0.4, -0.2) is 37.8 Å². The van der Waals surface area contributed by atoms with Gasteiger partial charge < -0.3 is 10.5 Å². The van der Waals surface area contributed by atoms with E-state index in [-0.39, 0.29) is 41.8 Å². The number of hydrogen-bond acceptors (Lipinski definition) is 6. The highest BCUT2D eigenvalue weighted by Crippen LogP contribution is 2.31. The monoisotopic (exact) mass is 415 g/mol. The van der Waals surface area contributed by atoms with Crippen LogP contribution in [0, 0.1) is 10.1 Å². The minimum absolute atomic E-state index is 0. The number of halogens is 1. The molecule has 0 amide bonds. The van der Waals surface area contributed by atoms with E-state index >= 15 is 0 Å². The highest BCUT2D eigenvalue weighted by molar-refractivity contribution is 7.89. The zero-order valence-corrected chi connectivity index (χ0v) is 16.4. The molecule has 2 aromatic carbocycles. The summed E-state index contributed by atoms with van der Waals surface area (Å²) >= 11 is 0. The Kier molecular flexibility index (Phi) is 8.64. The Bertz CT molecular complexity index is 862. The maximum Gasteiger partial charge on any atom is 0.273 e. The number of nitrogens with two attached hydrogens (primary N) is 1. The van der Waals surface area contributed by atoms with E-state index in [1.807, 2.05) is 30.3 Å². The minimum Gasteiger partial charge on any atom is -0.495 e. The standard InChI is InChI=1S/C17H21N3O5S.ClH/c1-25-16-12-15(20(21)22)8-9-17(16)26(23,24)19(11-5-10-18)13-14-6-3-2-4-7-14;/h2-4,6-9,12H,5,10-11,13,18H2,1H3;1H. The first-order valence-electron chi connectivity index (χ1n) is 7.96. The van der Waals surface area contributed by atoms with E-state index in [4.69, 9.17) is 10.5 Å². The van der Waals surface area contributed by atoms with Gasteiger partial charge in [-0.15, -0.1) is 12.4 Å². The van der Waals surface area contributed by atoms with Crippen molar-refractivity contribution in [3.63, 3.8) is 0 Å². The first kappa shape index (κ1) is 22.8. The summed E-state index contributed by atoms with van der Waals surface area (Å²) in [4.78, 5) is 10.2. The predicted molar refractivity (Wildman–Crippen MR) is 105 cm³/mol. The first-order chi connectivity index (χ1) is 12.4. The van der Waals surface area contributed by atoms with Crippen LogP contribution in [0.4, 0.5) is 5.69 Å². The molecule has 0 radical (unpaired) electrons. The summed E-state index contributed by atoms with van der Waals surface area (Å²) < 4.78 is 32.7. The molecule has 10 heteroatoms. The van der Waals surface area contributed by atoms with Crippen molar-refractivity contribution in [2.75, 3.05) is 20.2 Å². The van der Waals surface area contributed by atoms with Crippen molar-refractivity contribution in [3.8, 4) is 5.75 Å². The van der Waals surface area contributed by atoms with E-state index in [0.717, 1.165) is 17.7 Å². The quantitative estimate of drug-likeness (QED) is 0.497. The van der Waals surface area contributed by atoms with Gasteiger partial charge in [0.1, 0.15) is 10.6 Å². The smallest absolute Gasteiger partial charge is 0.273 e. The van der Waals surface area contributed by atoms with Gasteiger partial charge in [0, 0.05) is 19.2 Å². The number of non-ortho nitro benzene ring substituents is 1. The molecule has 2 rings (SSSR count). The van der Waals surface area contributed by atoms with Crippen molar-refractivity contribution in [2.24, 2.45) is 5.73 Å². The third-order valence-corrected chi connectivity index (χ3v) is 5.67. The van der Waals surface area contributed by atoms with Gasteiger partial charge in [-0.1, -0.05) is 30.3 Å². The molecule has 0 bridgehead atoms. The van der Waals surface area contributed by atoms with Crippen molar-refractivity contribution in [2.45, 2.75) is 17.9 Å². The maximum absolute atomic E-state index is 13.1. The second kappa shape index (κ2) is 10.2. The molecule has 0 fully saturated rings. The van der Waals surface area contributed by atoms with Crippen LogP contribution in [0.1, 0.15) is 12.0 Å². The molecule has 0 saturated carbocycles. The molecule has 8 nitrogen and oxygen atoms in total. The molecule has 0 aliphatic carbocycles. The van der Waals surface area contributed by atoms with Crippen molar-refractivity contribution in [1.29, 1.82) is 0 Å². The average molecular weight is 416 g/mol. The van der Waals surface area contributed by atoms with Crippen molar-refractivity contribution in [1.82, 2.24) is 4.31 Å². The number of hydrogen-bond donors (Lipinski definition) is 1. The number of nitrogens with zero attached hydrogens (tertiary/aromatic N) is 2. The zero-order chi connectivity index (χ0) is 19.2. The van der Waals surface area contributed by atoms with E-state index in [0.29, 0.717) is 13.0 Å². The van der Waals surface area contributed by atoms with E-state index in [2.05, 4.69) is 0 Å². The minimum atomic E-state index is -3.93. The lowest BCUT2D eigenvalue weighted by Gasteiger charge is -2.23. The molecule has 0 aliphatic rings. The molecule has 0 atom stereocenters. The maximum atomic E-state index is 13.1. The van der Waals surface area contributed by atoms with Crippen LogP contribution in [-0.2, 0) is 16.6 Å². The number of methoxy groups -OCH3 is 1. The Morgan fingerprint density at radius 2 is 1.85 bits per heavy atom. The Morgan fingerprint density at radius 3 is 2.41 bits per heavy atom. The summed E-state index contributed by atoms with van der Waals surface area (Å²) in [6.07, 6.45) is 0.487. The summed E-state index contributed by atoms with van der Waals surface area (Å²) in [6, 6.07) is 12.6. The number of sulfonamides is 1. The van der Waals surface area contributed by atoms with Gasteiger partial charge in [-0.2, -0.15) is 4.31 Å². The van der Waals surface area contributed by atoms with Gasteiger partial charge >= 0.3 is 0 Å². The number of benzene rings is 2. The van der Waals surface area contributed by atoms with Gasteiger partial charge in [0.2, 0.25) is 10.0 Å². The molecule has 0 spiro atoms. The third-order valence-electron chi connectivity index (χ3n) is 3.79. The fourth-order valence-electron chi connectivity index (χ4n) is 2.46. The summed E-state index contributed by atoms with van der Waals surface area (Å²) in [5.74, 6) is -0.0648. The zero-order valence-electron chi connectivity index (χ0n) is 14.8. The molecule has 2 aromatic rings. The average Bonchev–Trinajstić information content (AvgIpc) is 2.65. The molecule has 0 aromatic heterocycles. The van der Waals surface area contributed by atoms with Gasteiger partial charge in [-0.25, -0.2) is 8.42 Å². The Hall–Kier alpha value is -2.20. The Labute approximate surface area is 164 Å². The van der Waals surface area contributed by atoms with Crippen molar-refractivity contribution < 1.29 is 18.1 Å². The van der Waals surface area contributed by atoms with Gasteiger partial charge in [-0.3, -0.25) is 10.1 Å².